The van der Waals surface area contributed by atoms with Crippen molar-refractivity contribution in [2.75, 3.05) is 5.32 Å². The minimum absolute atomic E-state index is 0.131. The Balaban J connectivity index is 2.60. The summed E-state index contributed by atoms with van der Waals surface area (Å²) < 4.78 is 0. The zero-order chi connectivity index (χ0) is 14.5. The van der Waals surface area contributed by atoms with Gasteiger partial charge in [0.25, 0.3) is 0 Å². The van der Waals surface area contributed by atoms with Crippen LogP contribution in [0, 0.1) is 5.41 Å². The van der Waals surface area contributed by atoms with Crippen LogP contribution in [0.4, 0.5) is 5.69 Å². The number of nitrogens with two attached hydrogens (primary N) is 1. The zero-order valence-electron chi connectivity index (χ0n) is 12.5. The molecule has 0 fully saturated rings. The van der Waals surface area contributed by atoms with Gasteiger partial charge < -0.3 is 11.1 Å². The molecule has 0 spiro atoms. The van der Waals surface area contributed by atoms with Crippen molar-refractivity contribution in [1.82, 2.24) is 0 Å². The van der Waals surface area contributed by atoms with Crippen LogP contribution in [0.25, 0.3) is 0 Å². The number of unbranched alkanes of at least 4 members (excludes halogenated alkanes) is 1. The smallest absolute Gasteiger partial charge is 0.241 e. The summed E-state index contributed by atoms with van der Waals surface area (Å²) in [6, 6.07) is 7.51. The second-order valence-electron chi connectivity index (χ2n) is 6.13. The van der Waals surface area contributed by atoms with E-state index in [0.717, 1.165) is 12.1 Å². The highest BCUT2D eigenvalue weighted by molar-refractivity contribution is 5.95. The second kappa shape index (κ2) is 6.71. The highest BCUT2D eigenvalue weighted by atomic mass is 16.2. The SMILES string of the molecule is CCCCc1ccc(NC(=O)C(N)C(C)(C)C)cc1. The van der Waals surface area contributed by atoms with E-state index in [9.17, 15) is 4.79 Å². The Morgan fingerprint density at radius 2 is 1.84 bits per heavy atom. The molecule has 19 heavy (non-hydrogen) atoms. The lowest BCUT2D eigenvalue weighted by Crippen LogP contribution is -2.45. The average Bonchev–Trinajstić information content (AvgIpc) is 2.36. The fourth-order valence-corrected chi connectivity index (χ4v) is 1.75. The van der Waals surface area contributed by atoms with Crippen molar-refractivity contribution in [2.24, 2.45) is 11.1 Å². The largest absolute Gasteiger partial charge is 0.325 e. The highest BCUT2D eigenvalue weighted by Crippen LogP contribution is 2.19. The van der Waals surface area contributed by atoms with E-state index in [4.69, 9.17) is 5.73 Å². The fraction of sp³-hybridized carbons (Fsp3) is 0.562. The first-order chi connectivity index (χ1) is 8.84. The van der Waals surface area contributed by atoms with E-state index < -0.39 is 6.04 Å². The Bertz CT molecular complexity index is 404. The number of carbonyl (C=O) groups excluding carboxylic acids is 1. The standard InChI is InChI=1S/C16H26N2O/c1-5-6-7-12-8-10-13(11-9-12)18-15(19)14(17)16(2,3)4/h8-11,14H,5-7,17H2,1-4H3,(H,18,19). The van der Waals surface area contributed by atoms with Crippen LogP contribution >= 0.6 is 0 Å². The molecule has 0 saturated heterocycles. The summed E-state index contributed by atoms with van der Waals surface area (Å²) >= 11 is 0. The van der Waals surface area contributed by atoms with Gasteiger partial charge in [0.05, 0.1) is 6.04 Å². The van der Waals surface area contributed by atoms with Gasteiger partial charge >= 0.3 is 0 Å². The molecule has 1 atom stereocenters. The van der Waals surface area contributed by atoms with Crippen molar-refractivity contribution in [3.8, 4) is 0 Å². The average molecular weight is 262 g/mol. The first-order valence-corrected chi connectivity index (χ1v) is 7.00. The van der Waals surface area contributed by atoms with Crippen LogP contribution in [0.1, 0.15) is 46.1 Å². The highest BCUT2D eigenvalue weighted by Gasteiger charge is 2.27. The molecular weight excluding hydrogens is 236 g/mol. The molecule has 0 aliphatic heterocycles. The number of aryl methyl sites for hydroxylation is 1. The molecule has 0 bridgehead atoms. The van der Waals surface area contributed by atoms with E-state index >= 15 is 0 Å². The number of benzene rings is 1. The molecule has 0 radical (unpaired) electrons. The quantitative estimate of drug-likeness (QED) is 0.855. The van der Waals surface area contributed by atoms with Gasteiger partial charge in [-0.3, -0.25) is 4.79 Å². The van der Waals surface area contributed by atoms with E-state index in [1.54, 1.807) is 0 Å². The lowest BCUT2D eigenvalue weighted by Gasteiger charge is -2.25. The topological polar surface area (TPSA) is 55.1 Å². The number of amides is 1. The van der Waals surface area contributed by atoms with Gasteiger partial charge in [-0.15, -0.1) is 0 Å². The Labute approximate surface area is 116 Å². The first-order valence-electron chi connectivity index (χ1n) is 7.00. The summed E-state index contributed by atoms with van der Waals surface area (Å²) in [5.41, 5.74) is 7.81. The summed E-state index contributed by atoms with van der Waals surface area (Å²) in [7, 11) is 0. The maximum atomic E-state index is 12.0. The Morgan fingerprint density at radius 1 is 1.26 bits per heavy atom. The van der Waals surface area contributed by atoms with E-state index in [2.05, 4.69) is 24.4 Å². The van der Waals surface area contributed by atoms with Gasteiger partial charge in [0.1, 0.15) is 0 Å². The fourth-order valence-electron chi connectivity index (χ4n) is 1.75. The monoisotopic (exact) mass is 262 g/mol. The van der Waals surface area contributed by atoms with Gasteiger partial charge in [-0.1, -0.05) is 46.2 Å². The minimum atomic E-state index is -0.507. The van der Waals surface area contributed by atoms with Crippen molar-refractivity contribution in [1.29, 1.82) is 0 Å². The molecule has 3 N–H and O–H groups in total. The van der Waals surface area contributed by atoms with Gasteiger partial charge in [-0.05, 0) is 36.0 Å². The summed E-state index contributed by atoms with van der Waals surface area (Å²) in [5, 5.41) is 2.87. The van der Waals surface area contributed by atoms with Crippen LogP contribution in [0.15, 0.2) is 24.3 Å². The number of anilines is 1. The van der Waals surface area contributed by atoms with Crippen molar-refractivity contribution in [3.63, 3.8) is 0 Å². The molecule has 0 saturated carbocycles. The predicted molar refractivity (Wildman–Crippen MR) is 81.1 cm³/mol. The molecule has 1 unspecified atom stereocenters. The number of rotatable bonds is 5. The maximum Gasteiger partial charge on any atom is 0.241 e. The predicted octanol–water partition coefficient (Wildman–Crippen LogP) is 3.34. The number of hydrogen-bond acceptors (Lipinski definition) is 2. The van der Waals surface area contributed by atoms with E-state index in [1.165, 1.54) is 18.4 Å². The van der Waals surface area contributed by atoms with E-state index in [-0.39, 0.29) is 11.3 Å². The molecule has 0 aliphatic carbocycles. The maximum absolute atomic E-state index is 12.0. The van der Waals surface area contributed by atoms with Crippen molar-refractivity contribution in [3.05, 3.63) is 29.8 Å². The molecule has 1 aromatic rings. The lowest BCUT2D eigenvalue weighted by atomic mass is 9.87. The van der Waals surface area contributed by atoms with Crippen LogP contribution < -0.4 is 11.1 Å². The van der Waals surface area contributed by atoms with Crippen molar-refractivity contribution in [2.45, 2.75) is 53.0 Å². The van der Waals surface area contributed by atoms with Crippen LogP contribution in [-0.4, -0.2) is 11.9 Å². The number of hydrogen-bond donors (Lipinski definition) is 2. The number of nitrogens with one attached hydrogen (secondary N) is 1. The van der Waals surface area contributed by atoms with E-state index in [1.807, 2.05) is 32.9 Å². The number of carbonyl (C=O) groups is 1. The molecule has 0 aromatic heterocycles. The summed E-state index contributed by atoms with van der Waals surface area (Å²) in [6.07, 6.45) is 3.48. The van der Waals surface area contributed by atoms with Gasteiger partial charge in [0.15, 0.2) is 0 Å². The Kier molecular flexibility index (Phi) is 5.55. The summed E-state index contributed by atoms with van der Waals surface area (Å²) in [4.78, 5) is 12.0. The summed E-state index contributed by atoms with van der Waals surface area (Å²) in [6.45, 7) is 8.07. The van der Waals surface area contributed by atoms with Crippen LogP contribution in [0.3, 0.4) is 0 Å². The van der Waals surface area contributed by atoms with Crippen molar-refractivity contribution < 1.29 is 4.79 Å². The van der Waals surface area contributed by atoms with Crippen LogP contribution in [-0.2, 0) is 11.2 Å². The molecule has 3 nitrogen and oxygen atoms in total. The van der Waals surface area contributed by atoms with E-state index in [0.29, 0.717) is 0 Å². The molecule has 0 heterocycles. The van der Waals surface area contributed by atoms with Crippen molar-refractivity contribution >= 4 is 11.6 Å². The van der Waals surface area contributed by atoms with Gasteiger partial charge in [0.2, 0.25) is 5.91 Å². The minimum Gasteiger partial charge on any atom is -0.325 e. The first kappa shape index (κ1) is 15.7. The molecule has 0 aliphatic rings. The van der Waals surface area contributed by atoms with Gasteiger partial charge in [0, 0.05) is 5.69 Å². The Morgan fingerprint density at radius 3 is 2.32 bits per heavy atom. The molecular formula is C16H26N2O. The zero-order valence-corrected chi connectivity index (χ0v) is 12.5. The molecule has 106 valence electrons. The molecule has 3 heteroatoms. The third-order valence-electron chi connectivity index (χ3n) is 3.26. The third kappa shape index (κ3) is 5.03. The molecule has 1 aromatic carbocycles. The van der Waals surface area contributed by atoms with Crippen LogP contribution in [0.5, 0.6) is 0 Å². The van der Waals surface area contributed by atoms with Gasteiger partial charge in [-0.25, -0.2) is 0 Å². The third-order valence-corrected chi connectivity index (χ3v) is 3.26. The normalized spacial score (nSPS) is 13.1. The van der Waals surface area contributed by atoms with Gasteiger partial charge in [-0.2, -0.15) is 0 Å². The second-order valence-corrected chi connectivity index (χ2v) is 6.13. The summed E-state index contributed by atoms with van der Waals surface area (Å²) in [5.74, 6) is -0.131. The van der Waals surface area contributed by atoms with Crippen LogP contribution in [0.2, 0.25) is 0 Å². The molecule has 1 amide bonds. The molecule has 1 rings (SSSR count). The Hall–Kier alpha value is -1.35. The lowest BCUT2D eigenvalue weighted by molar-refractivity contribution is -0.119.